The number of sulfonamides is 1. The molecule has 0 heterocycles. The van der Waals surface area contributed by atoms with Gasteiger partial charge in [0.05, 0.1) is 11.1 Å². The Balaban J connectivity index is 1.82. The van der Waals surface area contributed by atoms with Crippen LogP contribution in [0.3, 0.4) is 0 Å². The van der Waals surface area contributed by atoms with E-state index in [1.54, 1.807) is 6.08 Å². The Labute approximate surface area is 131 Å². The highest BCUT2D eigenvalue weighted by molar-refractivity contribution is 7.95. The second-order valence-corrected chi connectivity index (χ2v) is 7.08. The van der Waals surface area contributed by atoms with Crippen LogP contribution in [-0.2, 0) is 22.9 Å². The molecule has 3 nitrogen and oxygen atoms in total. The normalized spacial score (nSPS) is 14.7. The quantitative estimate of drug-likeness (QED) is 0.928. The minimum absolute atomic E-state index is 0.718. The first-order valence-electron chi connectivity index (χ1n) is 7.51. The maximum atomic E-state index is 12.3. The summed E-state index contributed by atoms with van der Waals surface area (Å²) in [6.07, 6.45) is 5.88. The van der Waals surface area contributed by atoms with Crippen molar-refractivity contribution < 1.29 is 8.42 Å². The monoisotopic (exact) mass is 313 g/mol. The highest BCUT2D eigenvalue weighted by Crippen LogP contribution is 2.28. The van der Waals surface area contributed by atoms with Crippen molar-refractivity contribution in [2.24, 2.45) is 0 Å². The van der Waals surface area contributed by atoms with Crippen LogP contribution in [0, 0.1) is 0 Å². The lowest BCUT2D eigenvalue weighted by Crippen LogP contribution is -2.13. The van der Waals surface area contributed by atoms with Crippen LogP contribution in [0.4, 0.5) is 5.69 Å². The van der Waals surface area contributed by atoms with E-state index in [-0.39, 0.29) is 0 Å². The molecule has 0 aliphatic heterocycles. The molecule has 1 aliphatic carbocycles. The zero-order valence-electron chi connectivity index (χ0n) is 12.3. The Hall–Kier alpha value is -2.07. The van der Waals surface area contributed by atoms with Gasteiger partial charge in [0, 0.05) is 0 Å². The second kappa shape index (κ2) is 6.36. The molecule has 114 valence electrons. The molecule has 0 spiro atoms. The lowest BCUT2D eigenvalue weighted by molar-refractivity contribution is 0.609. The first-order chi connectivity index (χ1) is 10.6. The summed E-state index contributed by atoms with van der Waals surface area (Å²) in [4.78, 5) is 0. The highest BCUT2D eigenvalue weighted by atomic mass is 32.2. The Kier molecular flexibility index (Phi) is 4.29. The first-order valence-corrected chi connectivity index (χ1v) is 9.05. The summed E-state index contributed by atoms with van der Waals surface area (Å²) in [5.41, 5.74) is 3.99. The zero-order chi connectivity index (χ0) is 15.4. The van der Waals surface area contributed by atoms with E-state index in [1.165, 1.54) is 17.4 Å². The van der Waals surface area contributed by atoms with Gasteiger partial charge in [-0.1, -0.05) is 42.5 Å². The third kappa shape index (κ3) is 3.57. The third-order valence-electron chi connectivity index (χ3n) is 3.89. The van der Waals surface area contributed by atoms with E-state index < -0.39 is 10.0 Å². The first kappa shape index (κ1) is 14.9. The second-order valence-electron chi connectivity index (χ2n) is 5.51. The van der Waals surface area contributed by atoms with E-state index in [0.29, 0.717) is 0 Å². The van der Waals surface area contributed by atoms with Crippen molar-refractivity contribution in [2.45, 2.75) is 25.7 Å². The van der Waals surface area contributed by atoms with Crippen molar-refractivity contribution in [1.29, 1.82) is 0 Å². The van der Waals surface area contributed by atoms with Crippen molar-refractivity contribution in [3.05, 3.63) is 70.6 Å². The summed E-state index contributed by atoms with van der Waals surface area (Å²) in [7, 11) is -3.50. The van der Waals surface area contributed by atoms with E-state index in [2.05, 4.69) is 10.8 Å². The number of hydrogen-bond acceptors (Lipinski definition) is 2. The Morgan fingerprint density at radius 3 is 2.50 bits per heavy atom. The fourth-order valence-corrected chi connectivity index (χ4v) is 3.70. The summed E-state index contributed by atoms with van der Waals surface area (Å²) in [6, 6.07) is 15.3. The van der Waals surface area contributed by atoms with E-state index in [9.17, 15) is 8.42 Å². The van der Waals surface area contributed by atoms with Gasteiger partial charge in [0.25, 0.3) is 10.0 Å². The maximum absolute atomic E-state index is 12.3. The van der Waals surface area contributed by atoms with Gasteiger partial charge in [-0.3, -0.25) is 4.72 Å². The van der Waals surface area contributed by atoms with Gasteiger partial charge in [-0.2, -0.15) is 0 Å². The van der Waals surface area contributed by atoms with Crippen LogP contribution in [0.25, 0.3) is 6.08 Å². The summed E-state index contributed by atoms with van der Waals surface area (Å²) in [5, 5.41) is 1.23. The maximum Gasteiger partial charge on any atom is 0.255 e. The highest BCUT2D eigenvalue weighted by Gasteiger charge is 2.15. The molecule has 0 fully saturated rings. The predicted molar refractivity (Wildman–Crippen MR) is 91.1 cm³/mol. The largest absolute Gasteiger partial charge is 0.280 e. The number of fused-ring (bicyclic) bond motifs is 1. The third-order valence-corrected chi connectivity index (χ3v) is 4.89. The van der Waals surface area contributed by atoms with Crippen LogP contribution in [0.2, 0.25) is 0 Å². The fraction of sp³-hybridized carbons (Fsp3) is 0.222. The SMILES string of the molecule is O=S(=O)(C=Cc1ccccc1)Nc1cccc2c1CCCC2. The molecule has 2 aromatic rings. The van der Waals surface area contributed by atoms with Crippen LogP contribution in [0.1, 0.15) is 29.5 Å². The molecular weight excluding hydrogens is 294 g/mol. The fourth-order valence-electron chi connectivity index (χ4n) is 2.80. The summed E-state index contributed by atoms with van der Waals surface area (Å²) in [6.45, 7) is 0. The van der Waals surface area contributed by atoms with Crippen LogP contribution >= 0.6 is 0 Å². The smallest absolute Gasteiger partial charge is 0.255 e. The molecule has 2 aromatic carbocycles. The van der Waals surface area contributed by atoms with Crippen molar-refractivity contribution >= 4 is 21.8 Å². The molecule has 0 amide bonds. The van der Waals surface area contributed by atoms with E-state index in [1.807, 2.05) is 42.5 Å². The van der Waals surface area contributed by atoms with Gasteiger partial charge in [-0.15, -0.1) is 0 Å². The Morgan fingerprint density at radius 1 is 0.909 bits per heavy atom. The van der Waals surface area contributed by atoms with E-state index in [4.69, 9.17) is 0 Å². The standard InChI is InChI=1S/C18H19NO2S/c20-22(21,14-13-15-7-2-1-3-8-15)19-18-12-6-10-16-9-4-5-11-17(16)18/h1-3,6-8,10,12-14,19H,4-5,9,11H2. The van der Waals surface area contributed by atoms with Gasteiger partial charge in [-0.05, 0) is 54.5 Å². The topological polar surface area (TPSA) is 46.2 Å². The van der Waals surface area contributed by atoms with Crippen LogP contribution in [0.15, 0.2) is 53.9 Å². The average Bonchev–Trinajstić information content (AvgIpc) is 2.54. The predicted octanol–water partition coefficient (Wildman–Crippen LogP) is 3.98. The van der Waals surface area contributed by atoms with Gasteiger partial charge in [0.1, 0.15) is 0 Å². The molecule has 0 aromatic heterocycles. The average molecular weight is 313 g/mol. The van der Waals surface area contributed by atoms with Crippen LogP contribution in [0.5, 0.6) is 0 Å². The summed E-state index contributed by atoms with van der Waals surface area (Å²) < 4.78 is 27.2. The van der Waals surface area contributed by atoms with Gasteiger partial charge in [-0.25, -0.2) is 8.42 Å². The molecule has 0 radical (unpaired) electrons. The van der Waals surface area contributed by atoms with Gasteiger partial charge < -0.3 is 0 Å². The van der Waals surface area contributed by atoms with Gasteiger partial charge >= 0.3 is 0 Å². The number of benzene rings is 2. The molecule has 3 rings (SSSR count). The zero-order valence-corrected chi connectivity index (χ0v) is 13.1. The van der Waals surface area contributed by atoms with Crippen molar-refractivity contribution in [1.82, 2.24) is 0 Å². The van der Waals surface area contributed by atoms with Crippen LogP contribution in [-0.4, -0.2) is 8.42 Å². The van der Waals surface area contributed by atoms with Gasteiger partial charge in [0.15, 0.2) is 0 Å². The summed E-state index contributed by atoms with van der Waals surface area (Å²) in [5.74, 6) is 0. The minimum atomic E-state index is -3.50. The minimum Gasteiger partial charge on any atom is -0.280 e. The molecule has 1 aliphatic rings. The molecule has 0 saturated carbocycles. The Morgan fingerprint density at radius 2 is 1.68 bits per heavy atom. The molecule has 22 heavy (non-hydrogen) atoms. The lowest BCUT2D eigenvalue weighted by atomic mass is 9.91. The Bertz CT molecular complexity index is 780. The number of hydrogen-bond donors (Lipinski definition) is 1. The van der Waals surface area contributed by atoms with Crippen molar-refractivity contribution in [3.8, 4) is 0 Å². The molecule has 0 atom stereocenters. The van der Waals surface area contributed by atoms with E-state index in [0.717, 1.165) is 36.1 Å². The molecule has 0 saturated heterocycles. The van der Waals surface area contributed by atoms with Crippen molar-refractivity contribution in [2.75, 3.05) is 4.72 Å². The molecule has 0 bridgehead atoms. The molecular formula is C18H19NO2S. The van der Waals surface area contributed by atoms with Gasteiger partial charge in [0.2, 0.25) is 0 Å². The lowest BCUT2D eigenvalue weighted by Gasteiger charge is -2.19. The van der Waals surface area contributed by atoms with Crippen molar-refractivity contribution in [3.63, 3.8) is 0 Å². The molecule has 0 unspecified atom stereocenters. The number of anilines is 1. The van der Waals surface area contributed by atoms with Crippen LogP contribution < -0.4 is 4.72 Å². The number of nitrogens with one attached hydrogen (secondary N) is 1. The molecule has 1 N–H and O–H groups in total. The van der Waals surface area contributed by atoms with E-state index >= 15 is 0 Å². The summed E-state index contributed by atoms with van der Waals surface area (Å²) >= 11 is 0. The number of aryl methyl sites for hydroxylation is 1. The molecule has 4 heteroatoms. The number of rotatable bonds is 4.